The Morgan fingerprint density at radius 1 is 0.979 bits per heavy atom. The highest BCUT2D eigenvalue weighted by Gasteiger charge is 2.36. The number of nitro benzene ring substituents is 2. The van der Waals surface area contributed by atoms with E-state index in [2.05, 4.69) is 5.32 Å². The average molecular weight is 699 g/mol. The maximum Gasteiger partial charge on any atom is 0.339 e. The molecule has 1 N–H and O–H groups in total. The van der Waals surface area contributed by atoms with Crippen LogP contribution in [0.4, 0.5) is 21.9 Å². The molecule has 0 unspecified atom stereocenters. The van der Waals surface area contributed by atoms with Crippen molar-refractivity contribution in [1.82, 2.24) is 4.90 Å². The fourth-order valence-electron chi connectivity index (χ4n) is 4.21. The minimum atomic E-state index is -0.814. The van der Waals surface area contributed by atoms with Crippen LogP contribution in [0.3, 0.4) is 0 Å². The van der Waals surface area contributed by atoms with E-state index in [-0.39, 0.29) is 51.6 Å². The molecule has 1 aliphatic heterocycles. The summed E-state index contributed by atoms with van der Waals surface area (Å²) in [5.41, 5.74) is -0.458. The van der Waals surface area contributed by atoms with E-state index in [9.17, 15) is 39.4 Å². The van der Waals surface area contributed by atoms with E-state index in [1.807, 2.05) is 6.92 Å². The number of hydrogen-bond acceptors (Lipinski definition) is 12. The van der Waals surface area contributed by atoms with E-state index < -0.39 is 50.8 Å². The van der Waals surface area contributed by atoms with Crippen LogP contribution in [0.25, 0.3) is 6.08 Å². The van der Waals surface area contributed by atoms with Gasteiger partial charge in [-0.15, -0.1) is 0 Å². The predicted molar refractivity (Wildman–Crippen MR) is 175 cm³/mol. The molecule has 3 aromatic carbocycles. The van der Waals surface area contributed by atoms with Crippen LogP contribution in [0.5, 0.6) is 17.2 Å². The van der Waals surface area contributed by atoms with Crippen LogP contribution in [0.2, 0.25) is 5.02 Å². The first kappa shape index (κ1) is 35.4. The summed E-state index contributed by atoms with van der Waals surface area (Å²) in [6.07, 6.45) is 2.91. The van der Waals surface area contributed by atoms with Gasteiger partial charge >= 0.3 is 11.7 Å². The molecule has 0 saturated carbocycles. The number of esters is 1. The molecule has 17 heteroatoms. The Labute approximate surface area is 282 Å². The number of non-ortho nitro benzene ring substituents is 1. The summed E-state index contributed by atoms with van der Waals surface area (Å²) < 4.78 is 16.5. The molecule has 0 aliphatic carbocycles. The zero-order valence-corrected chi connectivity index (χ0v) is 27.0. The van der Waals surface area contributed by atoms with Crippen molar-refractivity contribution >= 4 is 69.5 Å². The molecule has 15 nitrogen and oxygen atoms in total. The van der Waals surface area contributed by atoms with Crippen LogP contribution in [0.15, 0.2) is 59.5 Å². The Kier molecular flexibility index (Phi) is 11.7. The summed E-state index contributed by atoms with van der Waals surface area (Å²) in [4.78, 5) is 72.7. The van der Waals surface area contributed by atoms with Crippen molar-refractivity contribution in [2.45, 2.75) is 26.7 Å². The van der Waals surface area contributed by atoms with E-state index in [0.29, 0.717) is 23.7 Å². The SMILES string of the molecule is CCCCOC(=O)c1cc(NC(=O)CN2C(=O)S/C(=C/c3ccc(Oc4ccc([N+](=O)[O-])cc4[N+](=O)[O-])c(OCC)c3)C2=O)ccc1Cl. The number of unbranched alkanes of at least 4 members (excludes halogenated alkanes) is 1. The average Bonchev–Trinajstić information content (AvgIpc) is 3.30. The number of rotatable bonds is 14. The van der Waals surface area contributed by atoms with Gasteiger partial charge in [0.15, 0.2) is 11.5 Å². The molecule has 0 atom stereocenters. The first-order valence-electron chi connectivity index (χ1n) is 14.3. The van der Waals surface area contributed by atoms with Gasteiger partial charge in [0.25, 0.3) is 16.8 Å². The molecule has 0 bridgehead atoms. The molecular formula is C31H27ClN4O11S. The highest BCUT2D eigenvalue weighted by molar-refractivity contribution is 8.18. The number of ether oxygens (including phenoxy) is 3. The standard InChI is InChI=1S/C31H27ClN4O11S/c1-3-5-12-46-30(39)21-15-19(7-9-22(21)32)33-28(37)17-34-29(38)27(48-31(34)40)14-18-6-10-25(26(13-18)45-4-2)47-24-11-8-20(35(41)42)16-23(24)36(43)44/h6-11,13-16H,3-5,12,17H2,1-2H3,(H,33,37)/b27-14+. The lowest BCUT2D eigenvalue weighted by atomic mass is 10.1. The fourth-order valence-corrected chi connectivity index (χ4v) is 5.25. The van der Waals surface area contributed by atoms with Crippen molar-refractivity contribution in [2.75, 3.05) is 25.1 Å². The van der Waals surface area contributed by atoms with Gasteiger partial charge in [-0.2, -0.15) is 0 Å². The van der Waals surface area contributed by atoms with Gasteiger partial charge in [-0.05, 0) is 73.1 Å². The number of carbonyl (C=O) groups excluding carboxylic acids is 4. The quantitative estimate of drug-likeness (QED) is 0.0597. The van der Waals surface area contributed by atoms with Gasteiger partial charge in [0, 0.05) is 11.8 Å². The van der Waals surface area contributed by atoms with Crippen LogP contribution >= 0.6 is 23.4 Å². The Morgan fingerprint density at radius 2 is 1.73 bits per heavy atom. The van der Waals surface area contributed by atoms with E-state index in [4.69, 9.17) is 25.8 Å². The van der Waals surface area contributed by atoms with Crippen LogP contribution in [-0.2, 0) is 14.3 Å². The minimum Gasteiger partial charge on any atom is -0.490 e. The number of hydrogen-bond donors (Lipinski definition) is 1. The van der Waals surface area contributed by atoms with E-state index in [1.54, 1.807) is 6.92 Å². The summed E-state index contributed by atoms with van der Waals surface area (Å²) in [5.74, 6) is -2.16. The van der Waals surface area contributed by atoms with E-state index in [0.717, 1.165) is 29.5 Å². The third-order valence-corrected chi connectivity index (χ3v) is 7.75. The van der Waals surface area contributed by atoms with Crippen LogP contribution in [-0.4, -0.2) is 57.5 Å². The van der Waals surface area contributed by atoms with Crippen molar-refractivity contribution in [2.24, 2.45) is 0 Å². The Hall–Kier alpha value is -5.48. The molecule has 1 heterocycles. The van der Waals surface area contributed by atoms with Crippen molar-refractivity contribution in [3.8, 4) is 17.2 Å². The molecule has 1 aliphatic rings. The second-order valence-corrected chi connectivity index (χ2v) is 11.3. The van der Waals surface area contributed by atoms with Gasteiger partial charge in [-0.25, -0.2) is 4.79 Å². The summed E-state index contributed by atoms with van der Waals surface area (Å²) in [6, 6.07) is 11.5. The number of nitrogens with one attached hydrogen (secondary N) is 1. The topological polar surface area (TPSA) is 198 Å². The van der Waals surface area contributed by atoms with Crippen molar-refractivity contribution in [3.63, 3.8) is 0 Å². The molecule has 4 rings (SSSR count). The smallest absolute Gasteiger partial charge is 0.339 e. The Balaban J connectivity index is 1.48. The summed E-state index contributed by atoms with van der Waals surface area (Å²) in [7, 11) is 0. The van der Waals surface area contributed by atoms with Gasteiger partial charge in [0.2, 0.25) is 11.7 Å². The molecule has 0 aromatic heterocycles. The fraction of sp³-hybridized carbons (Fsp3) is 0.226. The number of anilines is 1. The number of nitro groups is 2. The van der Waals surface area contributed by atoms with Gasteiger partial charge < -0.3 is 19.5 Å². The third-order valence-electron chi connectivity index (χ3n) is 6.51. The van der Waals surface area contributed by atoms with Crippen LogP contribution in [0.1, 0.15) is 42.6 Å². The Bertz CT molecular complexity index is 1830. The number of amides is 3. The zero-order chi connectivity index (χ0) is 35.0. The second kappa shape index (κ2) is 15.9. The first-order chi connectivity index (χ1) is 22.9. The molecule has 1 fully saturated rings. The summed E-state index contributed by atoms with van der Waals surface area (Å²) >= 11 is 6.74. The van der Waals surface area contributed by atoms with Crippen LogP contribution < -0.4 is 14.8 Å². The molecule has 0 radical (unpaired) electrons. The summed E-state index contributed by atoms with van der Waals surface area (Å²) in [6.45, 7) is 3.41. The maximum absolute atomic E-state index is 13.1. The minimum absolute atomic E-state index is 0.0125. The lowest BCUT2D eigenvalue weighted by molar-refractivity contribution is -0.394. The van der Waals surface area contributed by atoms with E-state index >= 15 is 0 Å². The monoisotopic (exact) mass is 698 g/mol. The summed E-state index contributed by atoms with van der Waals surface area (Å²) in [5, 5.41) is 24.6. The number of halogens is 1. The normalized spacial score (nSPS) is 13.4. The lowest BCUT2D eigenvalue weighted by Gasteiger charge is -2.13. The van der Waals surface area contributed by atoms with E-state index in [1.165, 1.54) is 42.5 Å². The molecule has 3 amide bonds. The second-order valence-electron chi connectivity index (χ2n) is 9.91. The maximum atomic E-state index is 13.1. The molecular weight excluding hydrogens is 672 g/mol. The van der Waals surface area contributed by atoms with Gasteiger partial charge in [0.05, 0.1) is 44.6 Å². The number of nitrogens with zero attached hydrogens (tertiary/aromatic N) is 3. The van der Waals surface area contributed by atoms with Crippen molar-refractivity contribution in [1.29, 1.82) is 0 Å². The molecule has 3 aromatic rings. The third kappa shape index (κ3) is 8.65. The highest BCUT2D eigenvalue weighted by Crippen LogP contribution is 2.40. The Morgan fingerprint density at radius 3 is 2.42 bits per heavy atom. The first-order valence-corrected chi connectivity index (χ1v) is 15.5. The largest absolute Gasteiger partial charge is 0.490 e. The number of imide groups is 1. The molecule has 250 valence electrons. The van der Waals surface area contributed by atoms with Gasteiger partial charge in [-0.1, -0.05) is 31.0 Å². The van der Waals surface area contributed by atoms with Gasteiger partial charge in [-0.3, -0.25) is 39.5 Å². The number of thioether (sulfide) groups is 1. The zero-order valence-electron chi connectivity index (χ0n) is 25.4. The molecule has 0 spiro atoms. The lowest BCUT2D eigenvalue weighted by Crippen LogP contribution is -2.36. The van der Waals surface area contributed by atoms with Crippen molar-refractivity contribution < 1.29 is 43.2 Å². The number of benzene rings is 3. The molecule has 1 saturated heterocycles. The number of carbonyl (C=O) groups is 4. The van der Waals surface area contributed by atoms with Crippen LogP contribution in [0, 0.1) is 20.2 Å². The highest BCUT2D eigenvalue weighted by atomic mass is 35.5. The predicted octanol–water partition coefficient (Wildman–Crippen LogP) is 6.98. The van der Waals surface area contributed by atoms with Gasteiger partial charge in [0.1, 0.15) is 6.54 Å². The molecule has 48 heavy (non-hydrogen) atoms. The van der Waals surface area contributed by atoms with Crippen molar-refractivity contribution in [3.05, 3.63) is 95.9 Å².